The van der Waals surface area contributed by atoms with Crippen molar-refractivity contribution in [2.75, 3.05) is 4.72 Å². The molecule has 0 spiro atoms. The van der Waals surface area contributed by atoms with Crippen molar-refractivity contribution in [1.82, 2.24) is 0 Å². The summed E-state index contributed by atoms with van der Waals surface area (Å²) in [6.45, 7) is 9.58. The van der Waals surface area contributed by atoms with Gasteiger partial charge in [0.2, 0.25) is 0 Å². The van der Waals surface area contributed by atoms with Gasteiger partial charge in [-0.3, -0.25) is 9.27 Å². The van der Waals surface area contributed by atoms with E-state index in [1.807, 2.05) is 39.8 Å². The van der Waals surface area contributed by atoms with Gasteiger partial charge < -0.3 is 4.74 Å². The van der Waals surface area contributed by atoms with Gasteiger partial charge in [-0.05, 0) is 63.0 Å². The van der Waals surface area contributed by atoms with Gasteiger partial charge in [0, 0.05) is 5.56 Å². The second-order valence-corrected chi connectivity index (χ2v) is 6.16. The molecule has 0 bridgehead atoms. The maximum Gasteiger partial charge on any atom is 0.259 e. The summed E-state index contributed by atoms with van der Waals surface area (Å²) in [5.74, 6) is 0.738. The van der Waals surface area contributed by atoms with E-state index in [1.54, 1.807) is 12.1 Å². The largest absolute Gasteiger partial charge is 0.461 e. The van der Waals surface area contributed by atoms with Crippen LogP contribution in [0.4, 0.5) is 10.1 Å². The van der Waals surface area contributed by atoms with Crippen molar-refractivity contribution < 1.29 is 17.9 Å². The number of anilines is 1. The normalized spacial score (nSPS) is 14.4. The van der Waals surface area contributed by atoms with Crippen LogP contribution in [0.5, 0.6) is 0 Å². The van der Waals surface area contributed by atoms with Crippen LogP contribution in [-0.4, -0.2) is 8.76 Å². The predicted octanol–water partition coefficient (Wildman–Crippen LogP) is 5.57. The number of nitrogens with one attached hydrogen (secondary N) is 1. The van der Waals surface area contributed by atoms with Crippen molar-refractivity contribution in [1.29, 1.82) is 0 Å². The van der Waals surface area contributed by atoms with Gasteiger partial charge in [-0.25, -0.2) is 8.60 Å². The molecule has 0 heterocycles. The van der Waals surface area contributed by atoms with Crippen LogP contribution in [0.15, 0.2) is 41.7 Å². The monoisotopic (exact) mass is 367 g/mol. The van der Waals surface area contributed by atoms with E-state index in [2.05, 4.69) is 11.6 Å². The van der Waals surface area contributed by atoms with Gasteiger partial charge in [0.05, 0.1) is 5.69 Å². The third kappa shape index (κ3) is 5.83. The minimum absolute atomic E-state index is 0.0213. The highest BCUT2D eigenvalue weighted by Crippen LogP contribution is 2.31. The highest BCUT2D eigenvalue weighted by Gasteiger charge is 2.17. The Bertz CT molecular complexity index is 724. The molecule has 0 aliphatic rings. The van der Waals surface area contributed by atoms with E-state index in [9.17, 15) is 8.60 Å². The average Bonchev–Trinajstić information content (AvgIpc) is 2.58. The summed E-state index contributed by atoms with van der Waals surface area (Å²) in [6, 6.07) is 2.89. The van der Waals surface area contributed by atoms with E-state index in [0.717, 1.165) is 17.8 Å². The molecule has 6 heteroatoms. The Morgan fingerprint density at radius 2 is 2.04 bits per heavy atom. The number of halogens is 1. The summed E-state index contributed by atoms with van der Waals surface area (Å²) in [7, 11) is 0. The van der Waals surface area contributed by atoms with Crippen LogP contribution in [0.2, 0.25) is 0 Å². The van der Waals surface area contributed by atoms with Gasteiger partial charge in [0.1, 0.15) is 17.3 Å². The van der Waals surface area contributed by atoms with Crippen LogP contribution in [0.25, 0.3) is 5.76 Å². The molecule has 0 aromatic heterocycles. The number of allylic oxidation sites excluding steroid dienone is 5. The Labute approximate surface area is 151 Å². The summed E-state index contributed by atoms with van der Waals surface area (Å²) in [4.78, 5) is 0. The van der Waals surface area contributed by atoms with Gasteiger partial charge in [0.15, 0.2) is 0 Å². The predicted molar refractivity (Wildman–Crippen MR) is 103 cm³/mol. The molecule has 1 atom stereocenters. The summed E-state index contributed by atoms with van der Waals surface area (Å²) in [5, 5.41) is 0. The molecule has 0 fully saturated rings. The van der Waals surface area contributed by atoms with E-state index >= 15 is 0 Å². The molecule has 1 aromatic rings. The zero-order valence-corrected chi connectivity index (χ0v) is 16.2. The highest BCUT2D eigenvalue weighted by atomic mass is 32.2. The Hall–Kier alpha value is -1.92. The van der Waals surface area contributed by atoms with Gasteiger partial charge in [0.25, 0.3) is 11.3 Å². The minimum atomic E-state index is -2.35. The first-order valence-corrected chi connectivity index (χ1v) is 9.33. The fourth-order valence-electron chi connectivity index (χ4n) is 2.34. The average molecular weight is 367 g/mol. The molecule has 0 saturated heterocycles. The third-order valence-electron chi connectivity index (χ3n) is 3.75. The molecule has 1 rings (SSSR count). The molecule has 0 aliphatic carbocycles. The number of rotatable bonds is 8. The van der Waals surface area contributed by atoms with Crippen molar-refractivity contribution in [2.24, 2.45) is 0 Å². The molecule has 25 heavy (non-hydrogen) atoms. The van der Waals surface area contributed by atoms with Crippen molar-refractivity contribution in [3.63, 3.8) is 0 Å². The summed E-state index contributed by atoms with van der Waals surface area (Å²) < 4.78 is 42.5. The van der Waals surface area contributed by atoms with Crippen LogP contribution in [0, 0.1) is 5.82 Å². The minimum Gasteiger partial charge on any atom is -0.461 e. The lowest BCUT2D eigenvalue weighted by atomic mass is 10.0. The molecule has 138 valence electrons. The number of benzene rings is 1. The zero-order chi connectivity index (χ0) is 19.0. The Morgan fingerprint density at radius 1 is 1.36 bits per heavy atom. The third-order valence-corrected chi connectivity index (χ3v) is 4.13. The fourth-order valence-corrected chi connectivity index (χ4v) is 2.74. The lowest BCUT2D eigenvalue weighted by Crippen LogP contribution is -2.09. The van der Waals surface area contributed by atoms with Crippen molar-refractivity contribution >= 4 is 22.7 Å². The van der Waals surface area contributed by atoms with Crippen molar-refractivity contribution in [3.05, 3.63) is 58.6 Å². The van der Waals surface area contributed by atoms with Crippen LogP contribution in [-0.2, 0) is 22.4 Å². The first-order valence-electron chi connectivity index (χ1n) is 8.23. The summed E-state index contributed by atoms with van der Waals surface area (Å²) in [5.41, 5.74) is 2.29. The molecule has 0 saturated carbocycles. The Balaban J connectivity index is 3.33. The van der Waals surface area contributed by atoms with Crippen LogP contribution in [0.1, 0.15) is 52.2 Å². The maximum atomic E-state index is 14.1. The van der Waals surface area contributed by atoms with Gasteiger partial charge in [-0.15, -0.1) is 0 Å². The smallest absolute Gasteiger partial charge is 0.259 e. The molecule has 1 aromatic carbocycles. The standard InChI is InChI=1S/C19H26FNO3S/c1-6-9-10-13(4)14(5)24-18(8-3)16-11-12-17(20)19(15(16)7-2)21-25(22)23/h8-12,21H,6-7H2,1-5H3,(H,22,23). The molecule has 2 N–H and O–H groups in total. The van der Waals surface area contributed by atoms with E-state index < -0.39 is 17.1 Å². The van der Waals surface area contributed by atoms with Crippen molar-refractivity contribution in [3.8, 4) is 0 Å². The molecular formula is C19H26FNO3S. The molecule has 1 unspecified atom stereocenters. The fraction of sp³-hybridized carbons (Fsp3) is 0.368. The van der Waals surface area contributed by atoms with Crippen LogP contribution in [0.3, 0.4) is 0 Å². The lowest BCUT2D eigenvalue weighted by Gasteiger charge is -2.18. The number of hydrogen-bond acceptors (Lipinski definition) is 2. The van der Waals surface area contributed by atoms with Crippen molar-refractivity contribution in [2.45, 2.75) is 47.5 Å². The van der Waals surface area contributed by atoms with E-state index in [1.165, 1.54) is 6.07 Å². The van der Waals surface area contributed by atoms with Crippen LogP contribution >= 0.6 is 0 Å². The van der Waals surface area contributed by atoms with Gasteiger partial charge in [-0.1, -0.05) is 26.0 Å². The topological polar surface area (TPSA) is 58.6 Å². The maximum absolute atomic E-state index is 14.1. The number of ether oxygens (including phenoxy) is 1. The second-order valence-electron chi connectivity index (χ2n) is 5.46. The van der Waals surface area contributed by atoms with Gasteiger partial charge in [-0.2, -0.15) is 0 Å². The summed E-state index contributed by atoms with van der Waals surface area (Å²) in [6.07, 6.45) is 7.25. The number of hydrogen-bond donors (Lipinski definition) is 2. The van der Waals surface area contributed by atoms with Crippen LogP contribution < -0.4 is 4.72 Å². The molecular weight excluding hydrogens is 341 g/mol. The molecule has 4 nitrogen and oxygen atoms in total. The molecule has 0 aliphatic heterocycles. The summed E-state index contributed by atoms with van der Waals surface area (Å²) >= 11 is -2.35. The van der Waals surface area contributed by atoms with E-state index in [0.29, 0.717) is 23.3 Å². The second kappa shape index (κ2) is 10.2. The first-order chi connectivity index (χ1) is 11.8. The molecule has 0 amide bonds. The zero-order valence-electron chi connectivity index (χ0n) is 15.4. The highest BCUT2D eigenvalue weighted by molar-refractivity contribution is 7.80. The van der Waals surface area contributed by atoms with E-state index in [4.69, 9.17) is 9.29 Å². The Morgan fingerprint density at radius 3 is 2.56 bits per heavy atom. The SMILES string of the molecule is CC=C(OC(C)=C(C)C=CCC)c1ccc(F)c(NS(=O)O)c1CC. The lowest BCUT2D eigenvalue weighted by molar-refractivity contribution is 0.379. The quantitative estimate of drug-likeness (QED) is 0.358. The van der Waals surface area contributed by atoms with Gasteiger partial charge >= 0.3 is 0 Å². The first kappa shape index (κ1) is 21.1. The Kier molecular flexibility index (Phi) is 8.58. The molecule has 0 radical (unpaired) electrons. The van der Waals surface area contributed by atoms with E-state index in [-0.39, 0.29) is 5.69 Å².